The molecular formula is C3H8N2O2S. The van der Waals surface area contributed by atoms with E-state index < -0.39 is 10.2 Å². The van der Waals surface area contributed by atoms with Crippen LogP contribution in [0.4, 0.5) is 0 Å². The summed E-state index contributed by atoms with van der Waals surface area (Å²) in [7, 11) is 0.130. The molecule has 1 rings (SSSR count). The topological polar surface area (TPSA) is 40.6 Å². The summed E-state index contributed by atoms with van der Waals surface area (Å²) in [4.78, 5) is 0. The van der Waals surface area contributed by atoms with Crippen molar-refractivity contribution >= 4 is 10.2 Å². The summed E-state index contributed by atoms with van der Waals surface area (Å²) in [5.41, 5.74) is 0. The van der Waals surface area contributed by atoms with E-state index in [2.05, 4.69) is 0 Å². The van der Waals surface area contributed by atoms with Crippen molar-refractivity contribution in [3.8, 4) is 0 Å². The second-order valence-electron chi connectivity index (χ2n) is 1.85. The Morgan fingerprint density at radius 3 is 1.62 bits per heavy atom. The molecule has 0 bridgehead atoms. The molecule has 0 aromatic carbocycles. The Morgan fingerprint density at radius 2 is 1.62 bits per heavy atom. The predicted molar refractivity (Wildman–Crippen MR) is 29.3 cm³/mol. The monoisotopic (exact) mass is 136 g/mol. The Kier molecular flexibility index (Phi) is 1.07. The zero-order valence-corrected chi connectivity index (χ0v) is 5.64. The van der Waals surface area contributed by atoms with E-state index in [1.54, 1.807) is 14.1 Å². The first-order chi connectivity index (χ1) is 3.55. The van der Waals surface area contributed by atoms with Gasteiger partial charge in [0, 0.05) is 14.1 Å². The lowest BCUT2D eigenvalue weighted by atomic mass is 11.0. The van der Waals surface area contributed by atoms with E-state index in [9.17, 15) is 8.42 Å². The molecule has 0 radical (unpaired) electrons. The van der Waals surface area contributed by atoms with Crippen LogP contribution in [0.3, 0.4) is 0 Å². The molecule has 1 aliphatic rings. The highest BCUT2D eigenvalue weighted by atomic mass is 32.2. The summed E-state index contributed by atoms with van der Waals surface area (Å²) < 4.78 is 23.8. The molecular weight excluding hydrogens is 128 g/mol. The third-order valence-electron chi connectivity index (χ3n) is 1.19. The van der Waals surface area contributed by atoms with Crippen molar-refractivity contribution in [3.63, 3.8) is 0 Å². The molecule has 0 unspecified atom stereocenters. The van der Waals surface area contributed by atoms with Crippen molar-refractivity contribution in [2.75, 3.05) is 20.8 Å². The van der Waals surface area contributed by atoms with E-state index >= 15 is 0 Å². The first-order valence-corrected chi connectivity index (χ1v) is 3.62. The van der Waals surface area contributed by atoms with Crippen molar-refractivity contribution in [1.29, 1.82) is 0 Å². The fourth-order valence-corrected chi connectivity index (χ4v) is 1.54. The van der Waals surface area contributed by atoms with Gasteiger partial charge in [0.2, 0.25) is 0 Å². The van der Waals surface area contributed by atoms with Crippen molar-refractivity contribution in [1.82, 2.24) is 8.61 Å². The molecule has 0 aromatic heterocycles. The molecule has 0 N–H and O–H groups in total. The summed E-state index contributed by atoms with van der Waals surface area (Å²) in [6, 6.07) is 0. The molecule has 4 nitrogen and oxygen atoms in total. The molecule has 48 valence electrons. The minimum atomic E-state index is -2.97. The number of rotatable bonds is 0. The Bertz CT molecular complexity index is 171. The van der Waals surface area contributed by atoms with Gasteiger partial charge in [0.05, 0.1) is 6.67 Å². The summed E-state index contributed by atoms with van der Waals surface area (Å²) in [5.74, 6) is 0. The summed E-state index contributed by atoms with van der Waals surface area (Å²) in [5, 5.41) is 0. The van der Waals surface area contributed by atoms with E-state index in [0.29, 0.717) is 6.67 Å². The lowest BCUT2D eigenvalue weighted by Gasteiger charge is -2.35. The predicted octanol–water partition coefficient (Wildman–Crippen LogP) is -0.934. The molecule has 0 amide bonds. The lowest BCUT2D eigenvalue weighted by molar-refractivity contribution is 0.255. The highest BCUT2D eigenvalue weighted by molar-refractivity contribution is 7.87. The van der Waals surface area contributed by atoms with Crippen LogP contribution in [-0.4, -0.2) is 37.8 Å². The van der Waals surface area contributed by atoms with Crippen LogP contribution in [-0.2, 0) is 10.2 Å². The van der Waals surface area contributed by atoms with Crippen molar-refractivity contribution < 1.29 is 8.42 Å². The maximum atomic E-state index is 10.6. The molecule has 5 heteroatoms. The first-order valence-electron chi connectivity index (χ1n) is 2.23. The quantitative estimate of drug-likeness (QED) is 0.431. The van der Waals surface area contributed by atoms with Gasteiger partial charge in [0.15, 0.2) is 0 Å². The first kappa shape index (κ1) is 6.00. The lowest BCUT2D eigenvalue weighted by Crippen LogP contribution is -2.55. The standard InChI is InChI=1S/C3H8N2O2S/c1-4-3-5(2)8(4,6)7/h3H2,1-2H3. The minimum Gasteiger partial charge on any atom is -0.195 e. The van der Waals surface area contributed by atoms with Crippen molar-refractivity contribution in [2.45, 2.75) is 0 Å². The smallest absolute Gasteiger partial charge is 0.195 e. The van der Waals surface area contributed by atoms with Gasteiger partial charge in [-0.3, -0.25) is 0 Å². The summed E-state index contributed by atoms with van der Waals surface area (Å²) >= 11 is 0. The van der Waals surface area contributed by atoms with Gasteiger partial charge in [0.25, 0.3) is 10.2 Å². The molecule has 0 atom stereocenters. The molecule has 8 heavy (non-hydrogen) atoms. The Labute approximate surface area is 48.9 Å². The van der Waals surface area contributed by atoms with Crippen LogP contribution in [0.25, 0.3) is 0 Å². The van der Waals surface area contributed by atoms with Gasteiger partial charge in [-0.2, -0.15) is 17.0 Å². The SMILES string of the molecule is CN1CN(C)S1(=O)=O. The largest absolute Gasteiger partial charge is 0.283 e. The second-order valence-corrected chi connectivity index (χ2v) is 3.99. The number of nitrogens with zero attached hydrogens (tertiary/aromatic N) is 2. The van der Waals surface area contributed by atoms with Crippen LogP contribution in [0.5, 0.6) is 0 Å². The summed E-state index contributed by atoms with van der Waals surface area (Å²) in [6.07, 6.45) is 0. The van der Waals surface area contributed by atoms with E-state index in [1.807, 2.05) is 0 Å². The molecule has 1 fully saturated rings. The second kappa shape index (κ2) is 1.43. The third kappa shape index (κ3) is 0.553. The van der Waals surface area contributed by atoms with Gasteiger partial charge in [-0.05, 0) is 0 Å². The van der Waals surface area contributed by atoms with Crippen LogP contribution in [0.15, 0.2) is 0 Å². The molecule has 0 aliphatic carbocycles. The van der Waals surface area contributed by atoms with E-state index in [0.717, 1.165) is 0 Å². The maximum Gasteiger partial charge on any atom is 0.283 e. The van der Waals surface area contributed by atoms with Gasteiger partial charge < -0.3 is 0 Å². The summed E-state index contributed by atoms with van der Waals surface area (Å²) in [6.45, 7) is 0.516. The van der Waals surface area contributed by atoms with Crippen LogP contribution < -0.4 is 0 Å². The molecule has 0 aromatic rings. The maximum absolute atomic E-state index is 10.6. The van der Waals surface area contributed by atoms with Crippen LogP contribution in [0.2, 0.25) is 0 Å². The van der Waals surface area contributed by atoms with Gasteiger partial charge in [-0.1, -0.05) is 0 Å². The molecule has 0 saturated carbocycles. The van der Waals surface area contributed by atoms with Crippen LogP contribution >= 0.6 is 0 Å². The van der Waals surface area contributed by atoms with E-state index in [1.165, 1.54) is 8.61 Å². The number of hydrogen-bond acceptors (Lipinski definition) is 2. The van der Waals surface area contributed by atoms with Crippen LogP contribution in [0, 0.1) is 0 Å². The van der Waals surface area contributed by atoms with Crippen molar-refractivity contribution in [3.05, 3.63) is 0 Å². The zero-order chi connectivity index (χ0) is 6.36. The van der Waals surface area contributed by atoms with Gasteiger partial charge in [-0.25, -0.2) is 0 Å². The molecule has 1 heterocycles. The van der Waals surface area contributed by atoms with E-state index in [-0.39, 0.29) is 0 Å². The normalized spacial score (nSPS) is 29.8. The Morgan fingerprint density at radius 1 is 1.25 bits per heavy atom. The van der Waals surface area contributed by atoms with Crippen LogP contribution in [0.1, 0.15) is 0 Å². The minimum absolute atomic E-state index is 0.516. The fourth-order valence-electron chi connectivity index (χ4n) is 0.606. The van der Waals surface area contributed by atoms with Gasteiger partial charge >= 0.3 is 0 Å². The Balaban J connectivity index is 2.83. The average Bonchev–Trinajstić information content (AvgIpc) is 1.68. The van der Waals surface area contributed by atoms with Gasteiger partial charge in [-0.15, -0.1) is 0 Å². The molecule has 1 saturated heterocycles. The zero-order valence-electron chi connectivity index (χ0n) is 4.83. The fraction of sp³-hybridized carbons (Fsp3) is 1.00. The highest BCUT2D eigenvalue weighted by Crippen LogP contribution is 2.13. The average molecular weight is 136 g/mol. The van der Waals surface area contributed by atoms with E-state index in [4.69, 9.17) is 0 Å². The number of hydrogen-bond donors (Lipinski definition) is 0. The highest BCUT2D eigenvalue weighted by Gasteiger charge is 2.34. The molecule has 1 aliphatic heterocycles. The molecule has 0 spiro atoms. The van der Waals surface area contributed by atoms with Gasteiger partial charge in [0.1, 0.15) is 0 Å². The Hall–Kier alpha value is -0.130. The van der Waals surface area contributed by atoms with Crippen molar-refractivity contribution in [2.24, 2.45) is 0 Å². The third-order valence-corrected chi connectivity index (χ3v) is 2.99.